The second kappa shape index (κ2) is 8.34. The number of amides is 1. The Hall–Kier alpha value is -3.68. The number of nitrogens with one attached hydrogen (secondary N) is 1. The van der Waals surface area contributed by atoms with Crippen molar-refractivity contribution < 1.29 is 4.79 Å². The third-order valence-corrected chi connectivity index (χ3v) is 4.48. The van der Waals surface area contributed by atoms with E-state index in [1.807, 2.05) is 17.0 Å². The Morgan fingerprint density at radius 1 is 1.07 bits per heavy atom. The summed E-state index contributed by atoms with van der Waals surface area (Å²) in [6, 6.07) is 5.34. The van der Waals surface area contributed by atoms with E-state index in [9.17, 15) is 4.79 Å². The number of nitrogens with zero attached hydrogens (tertiary/aromatic N) is 6. The molecule has 1 fully saturated rings. The number of pyridine rings is 1. The maximum absolute atomic E-state index is 12.8. The van der Waals surface area contributed by atoms with E-state index in [1.165, 1.54) is 0 Å². The molecule has 1 N–H and O–H groups in total. The molecule has 0 aromatic carbocycles. The van der Waals surface area contributed by atoms with Gasteiger partial charge in [0.1, 0.15) is 5.69 Å². The van der Waals surface area contributed by atoms with Crippen LogP contribution in [0.25, 0.3) is 6.08 Å². The van der Waals surface area contributed by atoms with Crippen LogP contribution >= 0.6 is 0 Å². The Labute approximate surface area is 162 Å². The first kappa shape index (κ1) is 17.7. The molecular weight excluding hydrogens is 354 g/mol. The van der Waals surface area contributed by atoms with E-state index < -0.39 is 0 Å². The normalized spacial score (nSPS) is 16.4. The van der Waals surface area contributed by atoms with E-state index in [2.05, 4.69) is 30.2 Å². The van der Waals surface area contributed by atoms with Crippen LogP contribution in [-0.4, -0.2) is 42.3 Å². The highest BCUT2D eigenvalue weighted by Gasteiger charge is 2.32. The summed E-state index contributed by atoms with van der Waals surface area (Å²) in [7, 11) is 0. The third-order valence-electron chi connectivity index (χ3n) is 4.48. The fourth-order valence-electron chi connectivity index (χ4n) is 3.21. The fraction of sp³-hybridized carbons (Fsp3) is 0.200. The summed E-state index contributed by atoms with van der Waals surface area (Å²) in [5.74, 6) is 0.949. The van der Waals surface area contributed by atoms with Crippen LogP contribution in [0.1, 0.15) is 30.1 Å². The number of hydrogen-bond acceptors (Lipinski definition) is 7. The van der Waals surface area contributed by atoms with E-state index in [-0.39, 0.29) is 11.9 Å². The molecule has 0 bridgehead atoms. The molecule has 4 heterocycles. The Kier molecular flexibility index (Phi) is 5.28. The lowest BCUT2D eigenvalue weighted by molar-refractivity contribution is -0.126. The van der Waals surface area contributed by atoms with Crippen molar-refractivity contribution in [2.75, 3.05) is 11.9 Å². The molecular formula is C20H19N7O. The van der Waals surface area contributed by atoms with E-state index >= 15 is 0 Å². The number of likely N-dealkylation sites (tertiary alicyclic amines) is 1. The van der Waals surface area contributed by atoms with Crippen LogP contribution in [0.2, 0.25) is 0 Å². The standard InChI is InChI=1S/C20H19N7O/c28-17(7-6-15-4-1-8-21-14-15)27-13-2-5-16(27)18-19(23-12-11-22-18)26-20-24-9-3-10-25-20/h1,3-4,6-12,14,16H,2,5,13H2,(H,23,24,25,26)/b7-6+/t16-/m1/s1. The number of aromatic nitrogens is 5. The summed E-state index contributed by atoms with van der Waals surface area (Å²) in [6.07, 6.45) is 15.1. The molecule has 1 aliphatic heterocycles. The Morgan fingerprint density at radius 3 is 2.75 bits per heavy atom. The van der Waals surface area contributed by atoms with E-state index in [0.717, 1.165) is 24.1 Å². The van der Waals surface area contributed by atoms with Crippen molar-refractivity contribution in [3.63, 3.8) is 0 Å². The number of carbonyl (C=O) groups excluding carboxylic acids is 1. The molecule has 0 saturated carbocycles. The zero-order valence-corrected chi connectivity index (χ0v) is 15.1. The Balaban J connectivity index is 1.55. The lowest BCUT2D eigenvalue weighted by Crippen LogP contribution is -2.30. The smallest absolute Gasteiger partial charge is 0.247 e. The molecule has 3 aromatic heterocycles. The second-order valence-corrected chi connectivity index (χ2v) is 6.30. The van der Waals surface area contributed by atoms with Crippen molar-refractivity contribution in [2.24, 2.45) is 0 Å². The van der Waals surface area contributed by atoms with Crippen molar-refractivity contribution in [3.8, 4) is 0 Å². The van der Waals surface area contributed by atoms with Crippen LogP contribution in [0.15, 0.2) is 61.5 Å². The van der Waals surface area contributed by atoms with E-state index in [4.69, 9.17) is 0 Å². The summed E-state index contributed by atoms with van der Waals surface area (Å²) >= 11 is 0. The molecule has 3 aromatic rings. The van der Waals surface area contributed by atoms with E-state index in [1.54, 1.807) is 55.4 Å². The molecule has 140 valence electrons. The second-order valence-electron chi connectivity index (χ2n) is 6.30. The topological polar surface area (TPSA) is 96.8 Å². The zero-order chi connectivity index (χ0) is 19.2. The summed E-state index contributed by atoms with van der Waals surface area (Å²) in [5, 5.41) is 3.11. The average Bonchev–Trinajstić information content (AvgIpc) is 3.24. The Bertz CT molecular complexity index is 963. The van der Waals surface area contributed by atoms with Gasteiger partial charge < -0.3 is 10.2 Å². The SMILES string of the molecule is O=C(/C=C/c1cccnc1)N1CCC[C@@H]1c1nccnc1Nc1ncccn1. The minimum atomic E-state index is -0.147. The highest BCUT2D eigenvalue weighted by atomic mass is 16.2. The first-order chi connectivity index (χ1) is 13.8. The minimum absolute atomic E-state index is 0.0566. The predicted molar refractivity (Wildman–Crippen MR) is 104 cm³/mol. The van der Waals surface area contributed by atoms with Gasteiger partial charge in [-0.25, -0.2) is 15.0 Å². The molecule has 0 spiro atoms. The van der Waals surface area contributed by atoms with Crippen LogP contribution in [0, 0.1) is 0 Å². The van der Waals surface area contributed by atoms with Crippen LogP contribution < -0.4 is 5.32 Å². The van der Waals surface area contributed by atoms with E-state index in [0.29, 0.717) is 18.3 Å². The summed E-state index contributed by atoms with van der Waals surface area (Å²) in [6.45, 7) is 0.679. The fourth-order valence-corrected chi connectivity index (χ4v) is 3.21. The zero-order valence-electron chi connectivity index (χ0n) is 15.1. The van der Waals surface area contributed by atoms with Gasteiger partial charge in [-0.15, -0.1) is 0 Å². The molecule has 4 rings (SSSR count). The van der Waals surface area contributed by atoms with Crippen molar-refractivity contribution in [3.05, 3.63) is 72.7 Å². The van der Waals surface area contributed by atoms with Crippen molar-refractivity contribution in [1.29, 1.82) is 0 Å². The molecule has 0 aliphatic carbocycles. The van der Waals surface area contributed by atoms with Gasteiger partial charge in [0.15, 0.2) is 5.82 Å². The van der Waals surface area contributed by atoms with Crippen molar-refractivity contribution >= 4 is 23.7 Å². The van der Waals surface area contributed by atoms with Gasteiger partial charge in [-0.2, -0.15) is 0 Å². The molecule has 0 radical (unpaired) electrons. The Morgan fingerprint density at radius 2 is 1.93 bits per heavy atom. The quantitative estimate of drug-likeness (QED) is 0.687. The van der Waals surface area contributed by atoms with Crippen LogP contribution in [0.5, 0.6) is 0 Å². The van der Waals surface area contributed by atoms with Gasteiger partial charge in [0.05, 0.1) is 6.04 Å². The van der Waals surface area contributed by atoms with Gasteiger partial charge in [-0.1, -0.05) is 6.07 Å². The van der Waals surface area contributed by atoms with Crippen molar-refractivity contribution in [2.45, 2.75) is 18.9 Å². The lowest BCUT2D eigenvalue weighted by atomic mass is 10.1. The van der Waals surface area contributed by atoms with Gasteiger partial charge >= 0.3 is 0 Å². The first-order valence-electron chi connectivity index (χ1n) is 9.05. The van der Waals surface area contributed by atoms with Crippen LogP contribution in [-0.2, 0) is 4.79 Å². The number of carbonyl (C=O) groups is 1. The molecule has 8 heteroatoms. The molecule has 1 atom stereocenters. The first-order valence-corrected chi connectivity index (χ1v) is 9.05. The third kappa shape index (κ3) is 4.01. The summed E-state index contributed by atoms with van der Waals surface area (Å²) in [5.41, 5.74) is 1.60. The number of rotatable bonds is 5. The molecule has 1 saturated heterocycles. The average molecular weight is 373 g/mol. The van der Waals surface area contributed by atoms with Crippen LogP contribution in [0.3, 0.4) is 0 Å². The largest absolute Gasteiger partial charge is 0.330 e. The van der Waals surface area contributed by atoms with Gasteiger partial charge in [0.25, 0.3) is 0 Å². The maximum atomic E-state index is 12.8. The highest BCUT2D eigenvalue weighted by Crippen LogP contribution is 2.34. The monoisotopic (exact) mass is 373 g/mol. The van der Waals surface area contributed by atoms with Crippen molar-refractivity contribution in [1.82, 2.24) is 29.8 Å². The van der Waals surface area contributed by atoms with Gasteiger partial charge in [-0.3, -0.25) is 14.8 Å². The molecule has 1 amide bonds. The van der Waals surface area contributed by atoms with Gasteiger partial charge in [0.2, 0.25) is 11.9 Å². The summed E-state index contributed by atoms with van der Waals surface area (Å²) in [4.78, 5) is 35.9. The van der Waals surface area contributed by atoms with Gasteiger partial charge in [0, 0.05) is 49.8 Å². The lowest BCUT2D eigenvalue weighted by Gasteiger charge is -2.24. The molecule has 0 unspecified atom stereocenters. The highest BCUT2D eigenvalue weighted by molar-refractivity contribution is 5.92. The molecule has 1 aliphatic rings. The summed E-state index contributed by atoms with van der Waals surface area (Å²) < 4.78 is 0. The number of anilines is 2. The maximum Gasteiger partial charge on any atom is 0.247 e. The molecule has 8 nitrogen and oxygen atoms in total. The molecule has 28 heavy (non-hydrogen) atoms. The predicted octanol–water partition coefficient (Wildman–Crippen LogP) is 2.78. The minimum Gasteiger partial charge on any atom is -0.330 e. The van der Waals surface area contributed by atoms with Gasteiger partial charge in [-0.05, 0) is 36.6 Å². The van der Waals surface area contributed by atoms with Crippen LogP contribution in [0.4, 0.5) is 11.8 Å². The number of hydrogen-bond donors (Lipinski definition) is 1.